The van der Waals surface area contributed by atoms with Crippen molar-refractivity contribution in [2.75, 3.05) is 26.7 Å². The molecule has 0 aliphatic rings. The summed E-state index contributed by atoms with van der Waals surface area (Å²) in [5.74, 6) is 0. The standard InChI is InChI=1S/C4H11NO3/c6-2-1-5-3-8-4-7/h5-7H,1-4H2. The van der Waals surface area contributed by atoms with E-state index in [4.69, 9.17) is 10.2 Å². The fraction of sp³-hybridized carbons (Fsp3) is 1.00. The first-order valence-electron chi connectivity index (χ1n) is 2.42. The molecule has 0 aromatic carbocycles. The lowest BCUT2D eigenvalue weighted by molar-refractivity contribution is -0.0107. The number of nitrogens with one attached hydrogen (secondary N) is 1. The van der Waals surface area contributed by atoms with Crippen LogP contribution in [0.4, 0.5) is 0 Å². The molecule has 0 radical (unpaired) electrons. The number of aliphatic hydroxyl groups is 2. The summed E-state index contributed by atoms with van der Waals surface area (Å²) in [4.78, 5) is 0. The van der Waals surface area contributed by atoms with E-state index in [2.05, 4.69) is 10.1 Å². The van der Waals surface area contributed by atoms with Gasteiger partial charge < -0.3 is 14.9 Å². The molecule has 0 aliphatic carbocycles. The highest BCUT2D eigenvalue weighted by Gasteiger charge is 1.80. The highest BCUT2D eigenvalue weighted by Crippen LogP contribution is 1.62. The molecule has 0 atom stereocenters. The zero-order valence-electron chi connectivity index (χ0n) is 4.63. The second-order valence-corrected chi connectivity index (χ2v) is 1.20. The van der Waals surface area contributed by atoms with E-state index in [0.29, 0.717) is 6.54 Å². The van der Waals surface area contributed by atoms with E-state index >= 15 is 0 Å². The van der Waals surface area contributed by atoms with Crippen LogP contribution in [0.1, 0.15) is 0 Å². The molecule has 0 aliphatic heterocycles. The Labute approximate surface area is 48.1 Å². The monoisotopic (exact) mass is 121 g/mol. The molecule has 0 amide bonds. The Bertz CT molecular complexity index is 36.3. The summed E-state index contributed by atoms with van der Waals surface area (Å²) in [6.07, 6.45) is 0. The van der Waals surface area contributed by atoms with Gasteiger partial charge in [0, 0.05) is 6.54 Å². The first-order chi connectivity index (χ1) is 3.91. The Balaban J connectivity index is 2.53. The Morgan fingerprint density at radius 3 is 2.62 bits per heavy atom. The van der Waals surface area contributed by atoms with E-state index in [1.54, 1.807) is 0 Å². The third kappa shape index (κ3) is 5.84. The van der Waals surface area contributed by atoms with Crippen molar-refractivity contribution in [1.82, 2.24) is 5.32 Å². The van der Waals surface area contributed by atoms with Crippen molar-refractivity contribution in [3.8, 4) is 0 Å². The Morgan fingerprint density at radius 1 is 1.38 bits per heavy atom. The zero-order chi connectivity index (χ0) is 6.24. The second-order valence-electron chi connectivity index (χ2n) is 1.20. The van der Waals surface area contributed by atoms with Gasteiger partial charge in [0.05, 0.1) is 13.3 Å². The van der Waals surface area contributed by atoms with Crippen LogP contribution in [-0.2, 0) is 4.74 Å². The summed E-state index contributed by atoms with van der Waals surface area (Å²) in [7, 11) is 0. The molecule has 0 unspecified atom stereocenters. The summed E-state index contributed by atoms with van der Waals surface area (Å²) in [6, 6.07) is 0. The van der Waals surface area contributed by atoms with Crippen LogP contribution in [0.2, 0.25) is 0 Å². The van der Waals surface area contributed by atoms with Gasteiger partial charge in [0.1, 0.15) is 6.79 Å². The Kier molecular flexibility index (Phi) is 6.70. The summed E-state index contributed by atoms with van der Waals surface area (Å²) in [6.45, 7) is 0.601. The van der Waals surface area contributed by atoms with Gasteiger partial charge in [-0.25, -0.2) is 0 Å². The predicted molar refractivity (Wildman–Crippen MR) is 28.1 cm³/mol. The SMILES string of the molecule is OCCNCOCO. The van der Waals surface area contributed by atoms with E-state index in [1.807, 2.05) is 0 Å². The van der Waals surface area contributed by atoms with Gasteiger partial charge in [0.25, 0.3) is 0 Å². The Hall–Kier alpha value is -0.160. The quantitative estimate of drug-likeness (QED) is 0.306. The number of ether oxygens (including phenoxy) is 1. The molecule has 4 nitrogen and oxygen atoms in total. The van der Waals surface area contributed by atoms with Crippen LogP contribution >= 0.6 is 0 Å². The first kappa shape index (κ1) is 7.84. The van der Waals surface area contributed by atoms with Gasteiger partial charge in [0.2, 0.25) is 0 Å². The van der Waals surface area contributed by atoms with Crippen molar-refractivity contribution in [3.63, 3.8) is 0 Å². The summed E-state index contributed by atoms with van der Waals surface area (Å²) in [5, 5.41) is 18.9. The summed E-state index contributed by atoms with van der Waals surface area (Å²) < 4.78 is 4.47. The zero-order valence-corrected chi connectivity index (χ0v) is 4.63. The molecule has 3 N–H and O–H groups in total. The maximum Gasteiger partial charge on any atom is 0.145 e. The van der Waals surface area contributed by atoms with Crippen molar-refractivity contribution in [2.45, 2.75) is 0 Å². The van der Waals surface area contributed by atoms with Crippen molar-refractivity contribution < 1.29 is 14.9 Å². The van der Waals surface area contributed by atoms with Gasteiger partial charge >= 0.3 is 0 Å². The van der Waals surface area contributed by atoms with Crippen LogP contribution in [0.3, 0.4) is 0 Å². The molecule has 0 saturated carbocycles. The predicted octanol–water partition coefficient (Wildman–Crippen LogP) is -1.51. The highest BCUT2D eigenvalue weighted by atomic mass is 16.6. The van der Waals surface area contributed by atoms with Crippen molar-refractivity contribution in [2.24, 2.45) is 0 Å². The Morgan fingerprint density at radius 2 is 2.12 bits per heavy atom. The maximum absolute atomic E-state index is 8.19. The molecular weight excluding hydrogens is 110 g/mol. The van der Waals surface area contributed by atoms with Crippen LogP contribution in [0, 0.1) is 0 Å². The number of rotatable bonds is 5. The van der Waals surface area contributed by atoms with Crippen LogP contribution in [-0.4, -0.2) is 36.9 Å². The van der Waals surface area contributed by atoms with Crippen LogP contribution in [0.25, 0.3) is 0 Å². The molecule has 0 rings (SSSR count). The maximum atomic E-state index is 8.19. The van der Waals surface area contributed by atoms with Crippen LogP contribution in [0.15, 0.2) is 0 Å². The number of hydrogen-bond acceptors (Lipinski definition) is 4. The van der Waals surface area contributed by atoms with E-state index in [0.717, 1.165) is 0 Å². The van der Waals surface area contributed by atoms with Gasteiger partial charge in [0.15, 0.2) is 0 Å². The number of hydrogen-bond donors (Lipinski definition) is 3. The van der Waals surface area contributed by atoms with E-state index in [-0.39, 0.29) is 20.1 Å². The van der Waals surface area contributed by atoms with Crippen molar-refractivity contribution in [3.05, 3.63) is 0 Å². The van der Waals surface area contributed by atoms with Crippen LogP contribution < -0.4 is 5.32 Å². The molecule has 0 heterocycles. The lowest BCUT2D eigenvalue weighted by atomic mass is 10.7. The largest absolute Gasteiger partial charge is 0.395 e. The van der Waals surface area contributed by atoms with E-state index in [1.165, 1.54) is 0 Å². The first-order valence-corrected chi connectivity index (χ1v) is 2.42. The van der Waals surface area contributed by atoms with Gasteiger partial charge in [-0.15, -0.1) is 0 Å². The van der Waals surface area contributed by atoms with Gasteiger partial charge in [-0.3, -0.25) is 5.32 Å². The third-order valence-corrected chi connectivity index (χ3v) is 0.584. The van der Waals surface area contributed by atoms with Gasteiger partial charge in [-0.05, 0) is 0 Å². The lowest BCUT2D eigenvalue weighted by Crippen LogP contribution is -2.21. The molecule has 50 valence electrons. The molecule has 4 heteroatoms. The van der Waals surface area contributed by atoms with Crippen LogP contribution in [0.5, 0.6) is 0 Å². The highest BCUT2D eigenvalue weighted by molar-refractivity contribution is 4.32. The van der Waals surface area contributed by atoms with Crippen molar-refractivity contribution in [1.29, 1.82) is 0 Å². The molecule has 0 aromatic heterocycles. The van der Waals surface area contributed by atoms with Gasteiger partial charge in [-0.1, -0.05) is 0 Å². The molecule has 0 spiro atoms. The second kappa shape index (κ2) is 6.84. The summed E-state index contributed by atoms with van der Waals surface area (Å²) >= 11 is 0. The van der Waals surface area contributed by atoms with Crippen molar-refractivity contribution >= 4 is 0 Å². The normalized spacial score (nSPS) is 9.75. The lowest BCUT2D eigenvalue weighted by Gasteiger charge is -1.99. The number of aliphatic hydroxyl groups excluding tert-OH is 2. The third-order valence-electron chi connectivity index (χ3n) is 0.584. The fourth-order valence-electron chi connectivity index (χ4n) is 0.269. The van der Waals surface area contributed by atoms with Gasteiger partial charge in [-0.2, -0.15) is 0 Å². The molecule has 8 heavy (non-hydrogen) atoms. The average molecular weight is 121 g/mol. The topological polar surface area (TPSA) is 61.7 Å². The minimum Gasteiger partial charge on any atom is -0.395 e. The molecule has 0 saturated heterocycles. The van der Waals surface area contributed by atoms with E-state index < -0.39 is 0 Å². The molecule has 0 aromatic rings. The molecular formula is C4H11NO3. The van der Waals surface area contributed by atoms with E-state index in [9.17, 15) is 0 Å². The minimum atomic E-state index is -0.279. The minimum absolute atomic E-state index is 0.0921. The smallest absolute Gasteiger partial charge is 0.145 e. The molecule has 0 fully saturated rings. The average Bonchev–Trinajstić information content (AvgIpc) is 1.81. The summed E-state index contributed by atoms with van der Waals surface area (Å²) in [5.41, 5.74) is 0. The fourth-order valence-corrected chi connectivity index (χ4v) is 0.269. The molecule has 0 bridgehead atoms.